The molecule has 0 spiro atoms. The number of hydrogen-bond donors (Lipinski definition) is 1. The van der Waals surface area contributed by atoms with E-state index < -0.39 is 0 Å². The molecule has 0 bridgehead atoms. The second-order valence-corrected chi connectivity index (χ2v) is 6.15. The van der Waals surface area contributed by atoms with Crippen molar-refractivity contribution in [2.45, 2.75) is 25.3 Å². The lowest BCUT2D eigenvalue weighted by Crippen LogP contribution is -2.62. The molecule has 1 aromatic heterocycles. The number of amides is 3. The molecule has 2 saturated heterocycles. The number of carbonyl (C=O) groups excluding carboxylic acids is 3. The van der Waals surface area contributed by atoms with E-state index in [9.17, 15) is 14.4 Å². The van der Waals surface area contributed by atoms with Crippen LogP contribution in [0.1, 0.15) is 18.4 Å². The van der Waals surface area contributed by atoms with Crippen molar-refractivity contribution in [2.24, 2.45) is 0 Å². The number of fused-ring (bicyclic) bond motifs is 1. The molecular weight excluding hydrogens is 294 g/mol. The van der Waals surface area contributed by atoms with Gasteiger partial charge in [0, 0.05) is 43.0 Å². The van der Waals surface area contributed by atoms with Crippen LogP contribution in [-0.2, 0) is 20.8 Å². The molecule has 3 amide bonds. The van der Waals surface area contributed by atoms with Crippen LogP contribution in [0.2, 0.25) is 0 Å². The second-order valence-electron chi connectivity index (χ2n) is 6.15. The fraction of sp³-hybridized carbons (Fsp3) is 0.353. The quantitative estimate of drug-likeness (QED) is 0.862. The second kappa shape index (κ2) is 5.22. The van der Waals surface area contributed by atoms with Crippen LogP contribution in [0.4, 0.5) is 0 Å². The van der Waals surface area contributed by atoms with Gasteiger partial charge in [0.25, 0.3) is 0 Å². The molecule has 2 aromatic rings. The lowest BCUT2D eigenvalue weighted by Gasteiger charge is -2.43. The predicted octanol–water partition coefficient (Wildman–Crippen LogP) is 1.07. The van der Waals surface area contributed by atoms with E-state index >= 15 is 0 Å². The average molecular weight is 311 g/mol. The number of likely N-dealkylation sites (tertiary alicyclic amines) is 2. The van der Waals surface area contributed by atoms with Crippen LogP contribution >= 0.6 is 0 Å². The molecule has 2 fully saturated rings. The van der Waals surface area contributed by atoms with Gasteiger partial charge in [-0.2, -0.15) is 0 Å². The van der Waals surface area contributed by atoms with E-state index in [0.717, 1.165) is 16.5 Å². The molecule has 0 saturated carbocycles. The molecule has 1 aromatic carbocycles. The molecule has 0 unspecified atom stereocenters. The summed E-state index contributed by atoms with van der Waals surface area (Å²) in [6.45, 7) is 0.914. The fourth-order valence-electron chi connectivity index (χ4n) is 3.38. The molecule has 0 aliphatic carbocycles. The fourth-order valence-corrected chi connectivity index (χ4v) is 3.38. The average Bonchev–Trinajstić information content (AvgIpc) is 3.04. The first kappa shape index (κ1) is 14.0. The minimum Gasteiger partial charge on any atom is -0.361 e. The van der Waals surface area contributed by atoms with Crippen LogP contribution in [0, 0.1) is 0 Å². The molecule has 2 aliphatic rings. The normalized spacial score (nSPS) is 18.8. The van der Waals surface area contributed by atoms with Crippen molar-refractivity contribution >= 4 is 28.6 Å². The number of imide groups is 1. The van der Waals surface area contributed by atoms with E-state index in [1.165, 1.54) is 4.90 Å². The van der Waals surface area contributed by atoms with Crippen molar-refractivity contribution in [3.05, 3.63) is 36.0 Å². The maximum Gasteiger partial charge on any atom is 0.230 e. The van der Waals surface area contributed by atoms with E-state index in [2.05, 4.69) is 4.98 Å². The summed E-state index contributed by atoms with van der Waals surface area (Å²) in [4.78, 5) is 42.0. The minimum absolute atomic E-state index is 0.0325. The van der Waals surface area contributed by atoms with Crippen LogP contribution < -0.4 is 0 Å². The highest BCUT2D eigenvalue weighted by molar-refractivity contribution is 6.02. The van der Waals surface area contributed by atoms with Crippen molar-refractivity contribution in [2.75, 3.05) is 13.1 Å². The van der Waals surface area contributed by atoms with E-state index in [1.807, 2.05) is 30.5 Å². The minimum atomic E-state index is -0.135. The van der Waals surface area contributed by atoms with E-state index in [0.29, 0.717) is 32.4 Å². The number of para-hydroxylation sites is 1. The van der Waals surface area contributed by atoms with Crippen molar-refractivity contribution in [1.29, 1.82) is 0 Å². The first-order valence-corrected chi connectivity index (χ1v) is 7.81. The van der Waals surface area contributed by atoms with Crippen LogP contribution in [0.5, 0.6) is 0 Å². The zero-order valence-corrected chi connectivity index (χ0v) is 12.6. The topological polar surface area (TPSA) is 73.5 Å². The van der Waals surface area contributed by atoms with Crippen molar-refractivity contribution < 1.29 is 14.4 Å². The third-order valence-electron chi connectivity index (χ3n) is 4.69. The van der Waals surface area contributed by atoms with Gasteiger partial charge in [-0.1, -0.05) is 18.2 Å². The summed E-state index contributed by atoms with van der Waals surface area (Å²) in [5, 5.41) is 1.06. The molecule has 3 heterocycles. The monoisotopic (exact) mass is 311 g/mol. The van der Waals surface area contributed by atoms with Gasteiger partial charge in [-0.15, -0.1) is 0 Å². The summed E-state index contributed by atoms with van der Waals surface area (Å²) in [5.41, 5.74) is 1.99. The van der Waals surface area contributed by atoms with E-state index in [4.69, 9.17) is 0 Å². The molecule has 1 N–H and O–H groups in total. The number of nitrogens with zero attached hydrogens (tertiary/aromatic N) is 2. The highest BCUT2D eigenvalue weighted by atomic mass is 16.2. The molecule has 6 heteroatoms. The third kappa shape index (κ3) is 2.30. The van der Waals surface area contributed by atoms with Gasteiger partial charge < -0.3 is 9.88 Å². The van der Waals surface area contributed by atoms with Gasteiger partial charge in [-0.3, -0.25) is 19.3 Å². The third-order valence-corrected chi connectivity index (χ3v) is 4.69. The summed E-state index contributed by atoms with van der Waals surface area (Å²) >= 11 is 0. The van der Waals surface area contributed by atoms with Crippen molar-refractivity contribution in [3.8, 4) is 0 Å². The molecule has 118 valence electrons. The Hall–Kier alpha value is -2.63. The lowest BCUT2D eigenvalue weighted by molar-refractivity contribution is -0.151. The highest BCUT2D eigenvalue weighted by Gasteiger charge is 2.42. The van der Waals surface area contributed by atoms with Gasteiger partial charge in [-0.05, 0) is 11.6 Å². The van der Waals surface area contributed by atoms with E-state index in [1.54, 1.807) is 4.90 Å². The predicted molar refractivity (Wildman–Crippen MR) is 83.5 cm³/mol. The molecule has 0 atom stereocenters. The number of H-pyrrole nitrogens is 1. The van der Waals surface area contributed by atoms with Gasteiger partial charge in [0.05, 0.1) is 12.5 Å². The standard InChI is InChI=1S/C17H17N3O3/c21-15-5-6-16(22)20(15)12-9-19(10-12)17(23)7-11-8-18-14-4-2-1-3-13(11)14/h1-4,8,12,18H,5-7,9-10H2. The first-order chi connectivity index (χ1) is 11.1. The van der Waals surface area contributed by atoms with Crippen LogP contribution in [0.15, 0.2) is 30.5 Å². The first-order valence-electron chi connectivity index (χ1n) is 7.81. The zero-order valence-electron chi connectivity index (χ0n) is 12.6. The number of benzene rings is 1. The summed E-state index contributed by atoms with van der Waals surface area (Å²) in [7, 11) is 0. The highest BCUT2D eigenvalue weighted by Crippen LogP contribution is 2.24. The Morgan fingerprint density at radius 1 is 1.13 bits per heavy atom. The summed E-state index contributed by atoms with van der Waals surface area (Å²) in [6, 6.07) is 7.75. The Labute approximate surface area is 133 Å². The number of rotatable bonds is 3. The van der Waals surface area contributed by atoms with Crippen molar-refractivity contribution in [1.82, 2.24) is 14.8 Å². The van der Waals surface area contributed by atoms with Gasteiger partial charge in [-0.25, -0.2) is 0 Å². The van der Waals surface area contributed by atoms with Gasteiger partial charge in [0.15, 0.2) is 0 Å². The molecule has 6 nitrogen and oxygen atoms in total. The Morgan fingerprint density at radius 2 is 1.83 bits per heavy atom. The molecule has 2 aliphatic heterocycles. The number of hydrogen-bond acceptors (Lipinski definition) is 3. The van der Waals surface area contributed by atoms with Crippen LogP contribution in [0.3, 0.4) is 0 Å². The van der Waals surface area contributed by atoms with Crippen LogP contribution in [0.25, 0.3) is 10.9 Å². The summed E-state index contributed by atoms with van der Waals surface area (Å²) in [5.74, 6) is -0.183. The van der Waals surface area contributed by atoms with Crippen molar-refractivity contribution in [3.63, 3.8) is 0 Å². The lowest BCUT2D eigenvalue weighted by atomic mass is 10.0. The summed E-state index contributed by atoms with van der Waals surface area (Å²) in [6.07, 6.45) is 2.81. The molecule has 4 rings (SSSR count). The number of aromatic nitrogens is 1. The van der Waals surface area contributed by atoms with Crippen LogP contribution in [-0.4, -0.2) is 51.6 Å². The number of nitrogens with one attached hydrogen (secondary N) is 1. The maximum absolute atomic E-state index is 12.4. The Kier molecular flexibility index (Phi) is 3.18. The SMILES string of the molecule is O=C(Cc1c[nH]c2ccccc12)N1CC(N2C(=O)CCC2=O)C1. The van der Waals surface area contributed by atoms with Gasteiger partial charge >= 0.3 is 0 Å². The summed E-state index contributed by atoms with van der Waals surface area (Å²) < 4.78 is 0. The Balaban J connectivity index is 1.40. The Bertz CT molecular complexity index is 788. The van der Waals surface area contributed by atoms with Gasteiger partial charge in [0.2, 0.25) is 17.7 Å². The largest absolute Gasteiger partial charge is 0.361 e. The van der Waals surface area contributed by atoms with Gasteiger partial charge in [0.1, 0.15) is 0 Å². The molecular formula is C17H17N3O3. The number of carbonyl (C=O) groups is 3. The Morgan fingerprint density at radius 3 is 2.57 bits per heavy atom. The zero-order chi connectivity index (χ0) is 16.0. The maximum atomic E-state index is 12.4. The van der Waals surface area contributed by atoms with E-state index in [-0.39, 0.29) is 23.8 Å². The molecule has 23 heavy (non-hydrogen) atoms. The molecule has 0 radical (unpaired) electrons. The smallest absolute Gasteiger partial charge is 0.230 e. The number of aromatic amines is 1.